The number of nitrogens with one attached hydrogen (secondary N) is 1. The summed E-state index contributed by atoms with van der Waals surface area (Å²) in [7, 11) is 0. The van der Waals surface area contributed by atoms with Crippen LogP contribution in [0, 0.1) is 13.8 Å². The number of aromatic nitrogens is 1. The fourth-order valence-electron chi connectivity index (χ4n) is 1.78. The SMILES string of the molecule is Cc1cc(C(C)Nc2ncc(C(=O)O)s2)c(C)s1. The van der Waals surface area contributed by atoms with E-state index in [2.05, 4.69) is 37.1 Å². The van der Waals surface area contributed by atoms with Gasteiger partial charge in [-0.1, -0.05) is 11.3 Å². The minimum Gasteiger partial charge on any atom is -0.477 e. The molecule has 1 unspecified atom stereocenters. The highest BCUT2D eigenvalue weighted by Gasteiger charge is 2.14. The van der Waals surface area contributed by atoms with Crippen molar-refractivity contribution in [2.24, 2.45) is 0 Å². The molecule has 0 aliphatic heterocycles. The Morgan fingerprint density at radius 2 is 2.17 bits per heavy atom. The number of thiophene rings is 1. The van der Waals surface area contributed by atoms with Crippen LogP contribution in [0.5, 0.6) is 0 Å². The van der Waals surface area contributed by atoms with Crippen molar-refractivity contribution >= 4 is 33.8 Å². The van der Waals surface area contributed by atoms with Crippen LogP contribution in [0.3, 0.4) is 0 Å². The molecule has 96 valence electrons. The molecule has 0 spiro atoms. The van der Waals surface area contributed by atoms with Gasteiger partial charge in [0.05, 0.1) is 12.2 Å². The molecule has 2 N–H and O–H groups in total. The number of aromatic carboxylic acids is 1. The average Bonchev–Trinajstić information content (AvgIpc) is 2.85. The van der Waals surface area contributed by atoms with Crippen LogP contribution in [0.4, 0.5) is 5.13 Å². The van der Waals surface area contributed by atoms with E-state index in [0.29, 0.717) is 5.13 Å². The van der Waals surface area contributed by atoms with Crippen LogP contribution in [-0.2, 0) is 0 Å². The monoisotopic (exact) mass is 282 g/mol. The Hall–Kier alpha value is -1.40. The number of nitrogens with zero attached hydrogens (tertiary/aromatic N) is 1. The second-order valence-electron chi connectivity index (χ2n) is 4.07. The number of aryl methyl sites for hydroxylation is 2. The van der Waals surface area contributed by atoms with E-state index in [1.54, 1.807) is 11.3 Å². The van der Waals surface area contributed by atoms with E-state index in [1.807, 2.05) is 0 Å². The molecule has 2 rings (SSSR count). The zero-order valence-electron chi connectivity index (χ0n) is 10.4. The van der Waals surface area contributed by atoms with Crippen molar-refractivity contribution in [3.63, 3.8) is 0 Å². The fraction of sp³-hybridized carbons (Fsp3) is 0.333. The van der Waals surface area contributed by atoms with Gasteiger partial charge in [-0.05, 0) is 32.4 Å². The zero-order chi connectivity index (χ0) is 13.3. The van der Waals surface area contributed by atoms with E-state index in [0.717, 1.165) is 11.3 Å². The molecule has 0 fully saturated rings. The lowest BCUT2D eigenvalue weighted by Gasteiger charge is -2.12. The summed E-state index contributed by atoms with van der Waals surface area (Å²) in [5.74, 6) is -0.934. The first-order valence-electron chi connectivity index (χ1n) is 5.50. The molecule has 0 bridgehead atoms. The van der Waals surface area contributed by atoms with Gasteiger partial charge >= 0.3 is 5.97 Å². The summed E-state index contributed by atoms with van der Waals surface area (Å²) in [5.41, 5.74) is 1.24. The maximum Gasteiger partial charge on any atom is 0.347 e. The minimum atomic E-state index is -0.934. The average molecular weight is 282 g/mol. The number of hydrogen-bond acceptors (Lipinski definition) is 5. The first-order valence-corrected chi connectivity index (χ1v) is 7.13. The predicted molar refractivity (Wildman–Crippen MR) is 74.9 cm³/mol. The Labute approximate surface area is 113 Å². The molecule has 0 aliphatic rings. The van der Waals surface area contributed by atoms with Crippen molar-refractivity contribution < 1.29 is 9.90 Å². The van der Waals surface area contributed by atoms with Gasteiger partial charge in [0, 0.05) is 9.75 Å². The van der Waals surface area contributed by atoms with Gasteiger partial charge in [-0.3, -0.25) is 0 Å². The standard InChI is InChI=1S/C12H14N2O2S2/c1-6-4-9(8(3)17-6)7(2)14-12-13-5-10(18-12)11(15)16/h4-5,7H,1-3H3,(H,13,14)(H,15,16). The molecule has 0 aliphatic carbocycles. The van der Waals surface area contributed by atoms with Crippen molar-refractivity contribution in [3.8, 4) is 0 Å². The number of carboxylic acid groups (broad SMARTS) is 1. The molecule has 0 saturated heterocycles. The third-order valence-electron chi connectivity index (χ3n) is 2.60. The van der Waals surface area contributed by atoms with Crippen molar-refractivity contribution in [2.75, 3.05) is 5.32 Å². The smallest absolute Gasteiger partial charge is 0.347 e. The van der Waals surface area contributed by atoms with Crippen molar-refractivity contribution in [3.05, 3.63) is 32.5 Å². The van der Waals surface area contributed by atoms with E-state index < -0.39 is 5.97 Å². The van der Waals surface area contributed by atoms with Crippen LogP contribution in [0.1, 0.15) is 38.0 Å². The Bertz CT molecular complexity index is 574. The molecule has 18 heavy (non-hydrogen) atoms. The molecule has 6 heteroatoms. The minimum absolute atomic E-state index is 0.128. The van der Waals surface area contributed by atoms with Crippen molar-refractivity contribution in [1.82, 2.24) is 4.98 Å². The summed E-state index contributed by atoms with van der Waals surface area (Å²) in [6.07, 6.45) is 1.38. The lowest BCUT2D eigenvalue weighted by atomic mass is 10.1. The van der Waals surface area contributed by atoms with E-state index in [-0.39, 0.29) is 10.9 Å². The van der Waals surface area contributed by atoms with Crippen LogP contribution in [0.25, 0.3) is 0 Å². The maximum absolute atomic E-state index is 10.8. The third-order valence-corrected chi connectivity index (χ3v) is 4.50. The Balaban J connectivity index is 2.13. The maximum atomic E-state index is 10.8. The highest BCUT2D eigenvalue weighted by Crippen LogP contribution is 2.29. The molecule has 2 aromatic heterocycles. The van der Waals surface area contributed by atoms with Gasteiger partial charge in [-0.15, -0.1) is 11.3 Å². The predicted octanol–water partition coefficient (Wildman–Crippen LogP) is 3.69. The molecule has 2 aromatic rings. The number of carboxylic acids is 1. The highest BCUT2D eigenvalue weighted by atomic mass is 32.1. The van der Waals surface area contributed by atoms with Gasteiger partial charge < -0.3 is 10.4 Å². The number of hydrogen-bond donors (Lipinski definition) is 2. The van der Waals surface area contributed by atoms with E-state index in [4.69, 9.17) is 5.11 Å². The van der Waals surface area contributed by atoms with E-state index >= 15 is 0 Å². The van der Waals surface area contributed by atoms with Gasteiger partial charge in [-0.25, -0.2) is 9.78 Å². The summed E-state index contributed by atoms with van der Waals surface area (Å²) >= 11 is 2.93. The normalized spacial score (nSPS) is 12.4. The van der Waals surface area contributed by atoms with Crippen LogP contribution < -0.4 is 5.32 Å². The first kappa shape index (κ1) is 13.0. The summed E-state index contributed by atoms with van der Waals surface area (Å²) in [5, 5.41) is 12.7. The van der Waals surface area contributed by atoms with Gasteiger partial charge in [-0.2, -0.15) is 0 Å². The number of rotatable bonds is 4. The fourth-order valence-corrected chi connectivity index (χ4v) is 3.55. The Kier molecular flexibility index (Phi) is 3.68. The number of thiazole rings is 1. The Morgan fingerprint density at radius 3 is 2.67 bits per heavy atom. The molecule has 0 saturated carbocycles. The quantitative estimate of drug-likeness (QED) is 0.897. The molecule has 0 aromatic carbocycles. The van der Waals surface area contributed by atoms with Crippen molar-refractivity contribution in [1.29, 1.82) is 0 Å². The van der Waals surface area contributed by atoms with Crippen LogP contribution in [0.15, 0.2) is 12.3 Å². The van der Waals surface area contributed by atoms with Gasteiger partial charge in [0.2, 0.25) is 0 Å². The van der Waals surface area contributed by atoms with Crippen molar-refractivity contribution in [2.45, 2.75) is 26.8 Å². The highest BCUT2D eigenvalue weighted by molar-refractivity contribution is 7.17. The summed E-state index contributed by atoms with van der Waals surface area (Å²) in [4.78, 5) is 17.7. The summed E-state index contributed by atoms with van der Waals surface area (Å²) in [6, 6.07) is 2.28. The topological polar surface area (TPSA) is 62.2 Å². The third kappa shape index (κ3) is 2.70. The van der Waals surface area contributed by atoms with Gasteiger partial charge in [0.15, 0.2) is 5.13 Å². The molecular formula is C12H14N2O2S2. The van der Waals surface area contributed by atoms with E-state index in [9.17, 15) is 4.79 Å². The van der Waals surface area contributed by atoms with Crippen LogP contribution in [0.2, 0.25) is 0 Å². The summed E-state index contributed by atoms with van der Waals surface area (Å²) < 4.78 is 0. The molecular weight excluding hydrogens is 268 g/mol. The summed E-state index contributed by atoms with van der Waals surface area (Å²) in [6.45, 7) is 6.23. The van der Waals surface area contributed by atoms with E-state index in [1.165, 1.54) is 21.5 Å². The van der Waals surface area contributed by atoms with Crippen LogP contribution in [-0.4, -0.2) is 16.1 Å². The second-order valence-corrected chi connectivity index (χ2v) is 6.56. The molecule has 0 radical (unpaired) electrons. The largest absolute Gasteiger partial charge is 0.477 e. The molecule has 2 heterocycles. The lowest BCUT2D eigenvalue weighted by molar-refractivity contribution is 0.0702. The second kappa shape index (κ2) is 5.07. The van der Waals surface area contributed by atoms with Gasteiger partial charge in [0.1, 0.15) is 4.88 Å². The number of anilines is 1. The molecule has 0 amide bonds. The first-order chi connectivity index (χ1) is 8.47. The zero-order valence-corrected chi connectivity index (χ0v) is 12.0. The Morgan fingerprint density at radius 1 is 1.44 bits per heavy atom. The van der Waals surface area contributed by atoms with Gasteiger partial charge in [0.25, 0.3) is 0 Å². The van der Waals surface area contributed by atoms with Crippen LogP contribution >= 0.6 is 22.7 Å². The molecule has 4 nitrogen and oxygen atoms in total. The molecule has 1 atom stereocenters. The lowest BCUT2D eigenvalue weighted by Crippen LogP contribution is -2.06. The number of carbonyl (C=O) groups is 1.